The van der Waals surface area contributed by atoms with Crippen molar-refractivity contribution in [2.45, 2.75) is 26.2 Å². The molecule has 4 nitrogen and oxygen atoms in total. The van der Waals surface area contributed by atoms with Crippen LogP contribution in [0.15, 0.2) is 30.6 Å². The van der Waals surface area contributed by atoms with Crippen molar-refractivity contribution in [1.29, 1.82) is 0 Å². The monoisotopic (exact) mass is 257 g/mol. The highest BCUT2D eigenvalue weighted by molar-refractivity contribution is 6.08. The van der Waals surface area contributed by atoms with E-state index in [4.69, 9.17) is 5.11 Å². The number of aliphatic carboxylic acids is 1. The summed E-state index contributed by atoms with van der Waals surface area (Å²) < 4.78 is 0. The van der Waals surface area contributed by atoms with Gasteiger partial charge in [0.15, 0.2) is 5.78 Å². The molecule has 0 amide bonds. The number of pyridine rings is 1. The molecule has 2 rings (SSSR count). The van der Waals surface area contributed by atoms with Crippen LogP contribution in [0, 0.1) is 6.92 Å². The highest BCUT2D eigenvalue weighted by atomic mass is 16.4. The Hall–Kier alpha value is -2.23. The molecule has 0 spiro atoms. The SMILES string of the molecule is Cc1cccc2cncc(C(=O)CCCC(=O)O)c12. The van der Waals surface area contributed by atoms with E-state index in [2.05, 4.69) is 4.98 Å². The van der Waals surface area contributed by atoms with Crippen molar-refractivity contribution >= 4 is 22.5 Å². The van der Waals surface area contributed by atoms with Crippen LogP contribution in [0.4, 0.5) is 0 Å². The molecule has 2 aromatic rings. The minimum absolute atomic E-state index is 0.0168. The topological polar surface area (TPSA) is 67.3 Å². The molecule has 0 saturated heterocycles. The van der Waals surface area contributed by atoms with Crippen molar-refractivity contribution < 1.29 is 14.7 Å². The molecule has 0 fully saturated rings. The lowest BCUT2D eigenvalue weighted by Crippen LogP contribution is -2.04. The average molecular weight is 257 g/mol. The van der Waals surface area contributed by atoms with Crippen LogP contribution >= 0.6 is 0 Å². The van der Waals surface area contributed by atoms with Crippen LogP contribution < -0.4 is 0 Å². The number of Topliss-reactive ketones (excluding diaryl/α,β-unsaturated/α-hetero) is 1. The Balaban J connectivity index is 2.29. The second-order valence-electron chi connectivity index (χ2n) is 4.53. The zero-order chi connectivity index (χ0) is 13.8. The molecular formula is C15H15NO3. The number of carbonyl (C=O) groups is 2. The number of benzene rings is 1. The summed E-state index contributed by atoms with van der Waals surface area (Å²) >= 11 is 0. The zero-order valence-electron chi connectivity index (χ0n) is 10.7. The Morgan fingerprint density at radius 3 is 2.74 bits per heavy atom. The van der Waals surface area contributed by atoms with Crippen molar-refractivity contribution in [3.63, 3.8) is 0 Å². The molecule has 1 N–H and O–H groups in total. The largest absolute Gasteiger partial charge is 0.481 e. The first kappa shape index (κ1) is 13.2. The van der Waals surface area contributed by atoms with Crippen LogP contribution in [-0.2, 0) is 4.79 Å². The van der Waals surface area contributed by atoms with Gasteiger partial charge in [-0.1, -0.05) is 18.2 Å². The smallest absolute Gasteiger partial charge is 0.303 e. The number of ketones is 1. The van der Waals surface area contributed by atoms with Gasteiger partial charge in [0.05, 0.1) is 0 Å². The van der Waals surface area contributed by atoms with E-state index in [0.29, 0.717) is 12.0 Å². The lowest BCUT2D eigenvalue weighted by molar-refractivity contribution is -0.137. The van der Waals surface area contributed by atoms with Gasteiger partial charge in [0.1, 0.15) is 0 Å². The Kier molecular flexibility index (Phi) is 3.90. The maximum atomic E-state index is 12.2. The molecule has 1 aromatic carbocycles. The van der Waals surface area contributed by atoms with Gasteiger partial charge >= 0.3 is 5.97 Å². The predicted octanol–water partition coefficient (Wildman–Crippen LogP) is 2.98. The molecule has 0 unspecified atom stereocenters. The van der Waals surface area contributed by atoms with Gasteiger partial charge in [0.25, 0.3) is 0 Å². The van der Waals surface area contributed by atoms with Gasteiger partial charge < -0.3 is 5.11 Å². The van der Waals surface area contributed by atoms with Crippen LogP contribution in [0.1, 0.15) is 35.2 Å². The van der Waals surface area contributed by atoms with E-state index >= 15 is 0 Å². The van der Waals surface area contributed by atoms with E-state index in [1.165, 1.54) is 0 Å². The normalized spacial score (nSPS) is 10.6. The Bertz CT molecular complexity index is 629. The van der Waals surface area contributed by atoms with Crippen LogP contribution in [0.25, 0.3) is 10.8 Å². The molecule has 0 radical (unpaired) electrons. The average Bonchev–Trinajstić information content (AvgIpc) is 2.38. The molecule has 98 valence electrons. The minimum Gasteiger partial charge on any atom is -0.481 e. The molecule has 0 aliphatic heterocycles. The molecule has 4 heteroatoms. The highest BCUT2D eigenvalue weighted by Crippen LogP contribution is 2.23. The number of fused-ring (bicyclic) bond motifs is 1. The third kappa shape index (κ3) is 2.96. The molecule has 0 aliphatic carbocycles. The standard InChI is InChI=1S/C15H15NO3/c1-10-4-2-5-11-8-16-9-12(15(10)11)13(17)6-3-7-14(18)19/h2,4-5,8-9H,3,6-7H2,1H3,(H,18,19). The number of hydrogen-bond acceptors (Lipinski definition) is 3. The number of carboxylic acids is 1. The number of aryl methyl sites for hydroxylation is 1. The summed E-state index contributed by atoms with van der Waals surface area (Å²) in [7, 11) is 0. The summed E-state index contributed by atoms with van der Waals surface area (Å²) in [6, 6.07) is 5.80. The fourth-order valence-electron chi connectivity index (χ4n) is 2.17. The van der Waals surface area contributed by atoms with Gasteiger partial charge in [-0.3, -0.25) is 14.6 Å². The number of aromatic nitrogens is 1. The minimum atomic E-state index is -0.875. The molecule has 19 heavy (non-hydrogen) atoms. The number of rotatable bonds is 5. The fourth-order valence-corrected chi connectivity index (χ4v) is 2.17. The first-order valence-electron chi connectivity index (χ1n) is 6.18. The summed E-state index contributed by atoms with van der Waals surface area (Å²) in [6.07, 6.45) is 3.91. The first-order chi connectivity index (χ1) is 9.09. The second kappa shape index (κ2) is 5.61. The number of carboxylic acid groups (broad SMARTS) is 1. The highest BCUT2D eigenvalue weighted by Gasteiger charge is 2.12. The van der Waals surface area contributed by atoms with Gasteiger partial charge in [-0.25, -0.2) is 0 Å². The van der Waals surface area contributed by atoms with E-state index in [1.54, 1.807) is 12.4 Å². The van der Waals surface area contributed by atoms with Crippen LogP contribution in [0.2, 0.25) is 0 Å². The van der Waals surface area contributed by atoms with Gasteiger partial charge in [-0.05, 0) is 24.3 Å². The summed E-state index contributed by atoms with van der Waals surface area (Å²) in [5.74, 6) is -0.923. The van der Waals surface area contributed by atoms with E-state index in [-0.39, 0.29) is 18.6 Å². The molecule has 1 heterocycles. The van der Waals surface area contributed by atoms with Gasteiger partial charge in [-0.2, -0.15) is 0 Å². The van der Waals surface area contributed by atoms with Gasteiger partial charge in [0.2, 0.25) is 0 Å². The molecule has 0 atom stereocenters. The lowest BCUT2D eigenvalue weighted by Gasteiger charge is -2.07. The summed E-state index contributed by atoms with van der Waals surface area (Å²) in [5, 5.41) is 10.4. The molecule has 0 aliphatic rings. The zero-order valence-corrected chi connectivity index (χ0v) is 10.7. The van der Waals surface area contributed by atoms with Crippen LogP contribution in [0.5, 0.6) is 0 Å². The van der Waals surface area contributed by atoms with Crippen LogP contribution in [-0.4, -0.2) is 21.8 Å². The van der Waals surface area contributed by atoms with E-state index in [1.807, 2.05) is 25.1 Å². The van der Waals surface area contributed by atoms with Gasteiger partial charge in [0, 0.05) is 36.2 Å². The predicted molar refractivity (Wildman–Crippen MR) is 72.3 cm³/mol. The third-order valence-corrected chi connectivity index (χ3v) is 3.09. The molecule has 0 saturated carbocycles. The molecular weight excluding hydrogens is 242 g/mol. The van der Waals surface area contributed by atoms with Crippen molar-refractivity contribution in [3.8, 4) is 0 Å². The third-order valence-electron chi connectivity index (χ3n) is 3.09. The van der Waals surface area contributed by atoms with Crippen LogP contribution in [0.3, 0.4) is 0 Å². The Labute approximate surface area is 111 Å². The lowest BCUT2D eigenvalue weighted by atomic mass is 9.98. The van der Waals surface area contributed by atoms with Crippen molar-refractivity contribution in [3.05, 3.63) is 41.7 Å². The van der Waals surface area contributed by atoms with Crippen molar-refractivity contribution in [2.75, 3.05) is 0 Å². The second-order valence-corrected chi connectivity index (χ2v) is 4.53. The number of carbonyl (C=O) groups excluding carboxylic acids is 1. The van der Waals surface area contributed by atoms with Crippen molar-refractivity contribution in [1.82, 2.24) is 4.98 Å². The number of nitrogens with zero attached hydrogens (tertiary/aromatic N) is 1. The van der Waals surface area contributed by atoms with E-state index in [0.717, 1.165) is 16.3 Å². The Morgan fingerprint density at radius 2 is 2.00 bits per heavy atom. The Morgan fingerprint density at radius 1 is 1.21 bits per heavy atom. The summed E-state index contributed by atoms with van der Waals surface area (Å²) in [5.41, 5.74) is 1.61. The maximum absolute atomic E-state index is 12.2. The maximum Gasteiger partial charge on any atom is 0.303 e. The summed E-state index contributed by atoms with van der Waals surface area (Å²) in [4.78, 5) is 26.7. The molecule has 0 bridgehead atoms. The van der Waals surface area contributed by atoms with Gasteiger partial charge in [-0.15, -0.1) is 0 Å². The first-order valence-corrected chi connectivity index (χ1v) is 6.18. The quantitative estimate of drug-likeness (QED) is 0.836. The van der Waals surface area contributed by atoms with E-state index in [9.17, 15) is 9.59 Å². The summed E-state index contributed by atoms with van der Waals surface area (Å²) in [6.45, 7) is 1.95. The van der Waals surface area contributed by atoms with Crippen molar-refractivity contribution in [2.24, 2.45) is 0 Å². The molecule has 1 aromatic heterocycles. The fraction of sp³-hybridized carbons (Fsp3) is 0.267. The number of hydrogen-bond donors (Lipinski definition) is 1. The van der Waals surface area contributed by atoms with E-state index < -0.39 is 5.97 Å².